The largest absolute Gasteiger partial charge is 0.478 e. The Kier molecular flexibility index (Phi) is 24.4. The maximum absolute atomic E-state index is 10.7. The second-order valence-electron chi connectivity index (χ2n) is 4.41. The predicted octanol–water partition coefficient (Wildman–Crippen LogP) is 2.56. The number of hydrogen-bond acceptors (Lipinski definition) is 3. The van der Waals surface area contributed by atoms with E-state index in [9.17, 15) is 14.4 Å². The first-order chi connectivity index (χ1) is 10.8. The standard InChI is InChI=1S/C11H21NO.C3H5NO.C3H4O2/c1-3-5-6-7-8-9-10-12-11(13)4-2;2*1-2-3(4)5/h4H,2-3,5-10H2,1H3,(H,12,13);2H,1H2,(H2,4,5);2H,1H2,(H,4,5). The van der Waals surface area contributed by atoms with Gasteiger partial charge in [0.15, 0.2) is 0 Å². The SMILES string of the molecule is C=CC(=O)NCCCCCCCC.C=CC(=O)O.C=CC(N)=O. The molecule has 0 fully saturated rings. The van der Waals surface area contributed by atoms with Crippen molar-refractivity contribution in [1.29, 1.82) is 0 Å². The fourth-order valence-electron chi connectivity index (χ4n) is 1.19. The molecule has 2 amide bonds. The lowest BCUT2D eigenvalue weighted by Crippen LogP contribution is -2.21. The topological polar surface area (TPSA) is 109 Å². The first kappa shape index (κ1) is 25.6. The van der Waals surface area contributed by atoms with Gasteiger partial charge in [-0.2, -0.15) is 0 Å². The Hall–Kier alpha value is -2.37. The summed E-state index contributed by atoms with van der Waals surface area (Å²) in [6.07, 6.45) is 10.7. The van der Waals surface area contributed by atoms with Gasteiger partial charge in [0.1, 0.15) is 0 Å². The smallest absolute Gasteiger partial charge is 0.327 e. The number of primary amides is 1. The number of carboxylic acids is 1. The van der Waals surface area contributed by atoms with Gasteiger partial charge in [0, 0.05) is 12.6 Å². The van der Waals surface area contributed by atoms with Crippen LogP contribution in [0.1, 0.15) is 45.4 Å². The number of nitrogens with two attached hydrogens (primary N) is 1. The number of carbonyl (C=O) groups excluding carboxylic acids is 2. The molecule has 0 saturated carbocycles. The number of carboxylic acid groups (broad SMARTS) is 1. The number of amides is 2. The third-order valence-electron chi connectivity index (χ3n) is 2.39. The normalized spacial score (nSPS) is 8.22. The number of nitrogens with one attached hydrogen (secondary N) is 1. The molecule has 0 aliphatic rings. The van der Waals surface area contributed by atoms with Crippen molar-refractivity contribution in [1.82, 2.24) is 5.32 Å². The Morgan fingerprint density at radius 3 is 1.74 bits per heavy atom. The zero-order chi connectivity index (χ0) is 18.5. The second-order valence-corrected chi connectivity index (χ2v) is 4.41. The van der Waals surface area contributed by atoms with Gasteiger partial charge < -0.3 is 16.2 Å². The zero-order valence-corrected chi connectivity index (χ0v) is 14.1. The summed E-state index contributed by atoms with van der Waals surface area (Å²) in [6, 6.07) is 0. The van der Waals surface area contributed by atoms with Gasteiger partial charge >= 0.3 is 5.97 Å². The third kappa shape index (κ3) is 38.2. The number of hydrogen-bond donors (Lipinski definition) is 3. The van der Waals surface area contributed by atoms with Crippen LogP contribution in [0.5, 0.6) is 0 Å². The molecule has 0 aliphatic heterocycles. The highest BCUT2D eigenvalue weighted by Crippen LogP contribution is 2.03. The second kappa shape index (κ2) is 21.9. The molecule has 0 aromatic heterocycles. The van der Waals surface area contributed by atoms with Crippen LogP contribution < -0.4 is 11.1 Å². The zero-order valence-electron chi connectivity index (χ0n) is 14.1. The minimum Gasteiger partial charge on any atom is -0.478 e. The average molecular weight is 326 g/mol. The van der Waals surface area contributed by atoms with Crippen LogP contribution in [-0.2, 0) is 14.4 Å². The van der Waals surface area contributed by atoms with E-state index in [4.69, 9.17) is 5.11 Å². The summed E-state index contributed by atoms with van der Waals surface area (Å²) in [4.78, 5) is 29.4. The van der Waals surface area contributed by atoms with Gasteiger partial charge in [-0.1, -0.05) is 58.8 Å². The molecule has 23 heavy (non-hydrogen) atoms. The maximum Gasteiger partial charge on any atom is 0.327 e. The molecular weight excluding hydrogens is 296 g/mol. The molecule has 4 N–H and O–H groups in total. The Morgan fingerprint density at radius 1 is 0.957 bits per heavy atom. The van der Waals surface area contributed by atoms with E-state index in [1.54, 1.807) is 0 Å². The lowest BCUT2D eigenvalue weighted by Gasteiger charge is -2.01. The summed E-state index contributed by atoms with van der Waals surface area (Å²) >= 11 is 0. The van der Waals surface area contributed by atoms with Gasteiger partial charge in [0.05, 0.1) is 0 Å². The summed E-state index contributed by atoms with van der Waals surface area (Å²) in [5.41, 5.74) is 4.53. The third-order valence-corrected chi connectivity index (χ3v) is 2.39. The molecule has 0 saturated heterocycles. The van der Waals surface area contributed by atoms with Gasteiger partial charge in [-0.25, -0.2) is 4.79 Å². The van der Waals surface area contributed by atoms with E-state index < -0.39 is 11.9 Å². The monoisotopic (exact) mass is 326 g/mol. The minimum absolute atomic E-state index is 0.0615. The van der Waals surface area contributed by atoms with E-state index in [0.29, 0.717) is 0 Å². The predicted molar refractivity (Wildman–Crippen MR) is 93.8 cm³/mol. The lowest BCUT2D eigenvalue weighted by atomic mass is 10.1. The Bertz CT molecular complexity index is 348. The molecule has 0 atom stereocenters. The summed E-state index contributed by atoms with van der Waals surface area (Å²) < 4.78 is 0. The van der Waals surface area contributed by atoms with Gasteiger partial charge in [0.2, 0.25) is 11.8 Å². The molecule has 6 heteroatoms. The fraction of sp³-hybridized carbons (Fsp3) is 0.471. The number of carbonyl (C=O) groups is 3. The molecule has 0 rings (SSSR count). The van der Waals surface area contributed by atoms with Crippen molar-refractivity contribution < 1.29 is 19.5 Å². The minimum atomic E-state index is -0.981. The Balaban J connectivity index is -0.000000329. The van der Waals surface area contributed by atoms with Crippen LogP contribution in [0.4, 0.5) is 0 Å². The quantitative estimate of drug-likeness (QED) is 0.423. The summed E-state index contributed by atoms with van der Waals surface area (Å²) in [6.45, 7) is 12.4. The van der Waals surface area contributed by atoms with Gasteiger partial charge in [-0.05, 0) is 18.6 Å². The fourth-order valence-corrected chi connectivity index (χ4v) is 1.19. The first-order valence-corrected chi connectivity index (χ1v) is 7.53. The van der Waals surface area contributed by atoms with Crippen LogP contribution >= 0.6 is 0 Å². The van der Waals surface area contributed by atoms with Crippen molar-refractivity contribution >= 4 is 17.8 Å². The van der Waals surface area contributed by atoms with Crippen molar-refractivity contribution in [3.63, 3.8) is 0 Å². The molecule has 132 valence electrons. The molecule has 0 radical (unpaired) electrons. The van der Waals surface area contributed by atoms with Crippen molar-refractivity contribution in [3.05, 3.63) is 38.0 Å². The van der Waals surface area contributed by atoms with Crippen LogP contribution in [0.15, 0.2) is 38.0 Å². The average Bonchev–Trinajstić information content (AvgIpc) is 2.54. The Morgan fingerprint density at radius 2 is 1.39 bits per heavy atom. The van der Waals surface area contributed by atoms with Crippen LogP contribution in [0.2, 0.25) is 0 Å². The van der Waals surface area contributed by atoms with Gasteiger partial charge in [0.25, 0.3) is 0 Å². The highest BCUT2D eigenvalue weighted by Gasteiger charge is 1.92. The van der Waals surface area contributed by atoms with Crippen molar-refractivity contribution in [3.8, 4) is 0 Å². The number of unbranched alkanes of at least 4 members (excludes halogenated alkanes) is 5. The van der Waals surface area contributed by atoms with Crippen LogP contribution in [0.25, 0.3) is 0 Å². The van der Waals surface area contributed by atoms with E-state index in [1.165, 1.54) is 38.2 Å². The summed E-state index contributed by atoms with van der Waals surface area (Å²) in [5, 5.41) is 10.4. The van der Waals surface area contributed by atoms with Crippen LogP contribution in [0.3, 0.4) is 0 Å². The Labute approximate surface area is 139 Å². The highest BCUT2D eigenvalue weighted by molar-refractivity contribution is 5.86. The summed E-state index contributed by atoms with van der Waals surface area (Å²) in [7, 11) is 0. The molecule has 0 unspecified atom stereocenters. The lowest BCUT2D eigenvalue weighted by molar-refractivity contribution is -0.131. The van der Waals surface area contributed by atoms with E-state index in [1.807, 2.05) is 0 Å². The number of rotatable bonds is 10. The van der Waals surface area contributed by atoms with Gasteiger partial charge in [-0.3, -0.25) is 9.59 Å². The van der Waals surface area contributed by atoms with Crippen LogP contribution in [0, 0.1) is 0 Å². The maximum atomic E-state index is 10.7. The first-order valence-electron chi connectivity index (χ1n) is 7.53. The van der Waals surface area contributed by atoms with E-state index in [0.717, 1.165) is 25.1 Å². The molecule has 6 nitrogen and oxygen atoms in total. The molecule has 0 bridgehead atoms. The highest BCUT2D eigenvalue weighted by atomic mass is 16.4. The molecular formula is C17H30N2O4. The molecule has 0 aromatic carbocycles. The molecule has 0 heterocycles. The van der Waals surface area contributed by atoms with Crippen molar-refractivity contribution in [2.75, 3.05) is 6.54 Å². The van der Waals surface area contributed by atoms with Crippen molar-refractivity contribution in [2.45, 2.75) is 45.4 Å². The molecule has 0 aliphatic carbocycles. The number of aliphatic carboxylic acids is 1. The van der Waals surface area contributed by atoms with Crippen molar-refractivity contribution in [2.24, 2.45) is 5.73 Å². The molecule has 0 aromatic rings. The van der Waals surface area contributed by atoms with E-state index in [2.05, 4.69) is 37.7 Å². The van der Waals surface area contributed by atoms with Crippen LogP contribution in [-0.4, -0.2) is 29.4 Å². The van der Waals surface area contributed by atoms with E-state index in [-0.39, 0.29) is 5.91 Å². The van der Waals surface area contributed by atoms with E-state index >= 15 is 0 Å². The molecule has 0 spiro atoms. The van der Waals surface area contributed by atoms with Gasteiger partial charge in [-0.15, -0.1) is 0 Å². The summed E-state index contributed by atoms with van der Waals surface area (Å²) in [5.74, 6) is -1.52.